The summed E-state index contributed by atoms with van der Waals surface area (Å²) in [7, 11) is 1.64. The van der Waals surface area contributed by atoms with Gasteiger partial charge in [-0.2, -0.15) is 0 Å². The fourth-order valence-electron chi connectivity index (χ4n) is 3.56. The van der Waals surface area contributed by atoms with Gasteiger partial charge in [-0.1, -0.05) is 32.0 Å². The summed E-state index contributed by atoms with van der Waals surface area (Å²) < 4.78 is 10.9. The van der Waals surface area contributed by atoms with Gasteiger partial charge < -0.3 is 14.3 Å². The quantitative estimate of drug-likeness (QED) is 0.529. The van der Waals surface area contributed by atoms with E-state index in [1.807, 2.05) is 48.7 Å². The van der Waals surface area contributed by atoms with Crippen molar-refractivity contribution < 1.29 is 14.3 Å². The van der Waals surface area contributed by atoms with Crippen molar-refractivity contribution in [3.8, 4) is 11.5 Å². The fourth-order valence-corrected chi connectivity index (χ4v) is 4.48. The van der Waals surface area contributed by atoms with Gasteiger partial charge in [0.2, 0.25) is 0 Å². The minimum Gasteiger partial charge on any atom is -0.507 e. The molecule has 2 heterocycles. The Morgan fingerprint density at radius 2 is 1.89 bits per heavy atom. The van der Waals surface area contributed by atoms with Crippen molar-refractivity contribution in [2.45, 2.75) is 44.9 Å². The Bertz CT molecular complexity index is 942. The third kappa shape index (κ3) is 4.30. The molecule has 0 saturated heterocycles. The number of hydrogen-bond acceptors (Lipinski definition) is 5. The van der Waals surface area contributed by atoms with Gasteiger partial charge in [-0.15, -0.1) is 11.3 Å². The van der Waals surface area contributed by atoms with E-state index in [0.29, 0.717) is 11.3 Å². The Balaban J connectivity index is 1.90. The van der Waals surface area contributed by atoms with E-state index < -0.39 is 5.63 Å². The molecule has 3 aromatic rings. The van der Waals surface area contributed by atoms with Crippen LogP contribution in [0.4, 0.5) is 0 Å². The number of benzene rings is 1. The van der Waals surface area contributed by atoms with Crippen molar-refractivity contribution in [3.05, 3.63) is 80.0 Å². The van der Waals surface area contributed by atoms with Crippen LogP contribution in [-0.4, -0.2) is 12.2 Å². The smallest absolute Gasteiger partial charge is 0.343 e. The first-order chi connectivity index (χ1) is 13.6. The lowest BCUT2D eigenvalue weighted by molar-refractivity contribution is 0.381. The van der Waals surface area contributed by atoms with E-state index in [9.17, 15) is 9.90 Å². The molecule has 1 N–H and O–H groups in total. The SMILES string of the molecule is CCC(Cc1ccc(OC)cc1)c1cc(O)c(C(CC)c2cccs2)c(=O)o1. The van der Waals surface area contributed by atoms with Gasteiger partial charge in [0.15, 0.2) is 0 Å². The number of hydrogen-bond donors (Lipinski definition) is 1. The van der Waals surface area contributed by atoms with Crippen LogP contribution in [0, 0.1) is 0 Å². The van der Waals surface area contributed by atoms with Crippen molar-refractivity contribution in [3.63, 3.8) is 0 Å². The molecule has 2 atom stereocenters. The summed E-state index contributed by atoms with van der Waals surface area (Å²) in [5.74, 6) is 1.24. The number of thiophene rings is 1. The zero-order chi connectivity index (χ0) is 20.1. The van der Waals surface area contributed by atoms with E-state index in [-0.39, 0.29) is 17.6 Å². The zero-order valence-electron chi connectivity index (χ0n) is 16.5. The first-order valence-corrected chi connectivity index (χ1v) is 10.5. The monoisotopic (exact) mass is 398 g/mol. The van der Waals surface area contributed by atoms with Gasteiger partial charge in [0.25, 0.3) is 0 Å². The number of methoxy groups -OCH3 is 1. The minimum absolute atomic E-state index is 0.0165. The summed E-state index contributed by atoms with van der Waals surface area (Å²) in [4.78, 5) is 13.8. The molecule has 0 fully saturated rings. The average molecular weight is 399 g/mol. The second-order valence-electron chi connectivity index (χ2n) is 6.87. The van der Waals surface area contributed by atoms with Crippen LogP contribution in [0.3, 0.4) is 0 Å². The highest BCUT2D eigenvalue weighted by Gasteiger charge is 2.24. The van der Waals surface area contributed by atoms with Crippen LogP contribution >= 0.6 is 11.3 Å². The maximum absolute atomic E-state index is 12.8. The summed E-state index contributed by atoms with van der Waals surface area (Å²) in [5.41, 5.74) is 1.04. The Hall–Kier alpha value is -2.53. The van der Waals surface area contributed by atoms with Crippen LogP contribution in [0.5, 0.6) is 11.5 Å². The molecule has 0 aliphatic carbocycles. The van der Waals surface area contributed by atoms with E-state index in [2.05, 4.69) is 6.92 Å². The predicted molar refractivity (Wildman–Crippen MR) is 113 cm³/mol. The average Bonchev–Trinajstić information content (AvgIpc) is 3.23. The number of aromatic hydroxyl groups is 1. The lowest BCUT2D eigenvalue weighted by Crippen LogP contribution is -2.15. The van der Waals surface area contributed by atoms with E-state index in [1.54, 1.807) is 24.5 Å². The van der Waals surface area contributed by atoms with Gasteiger partial charge in [-0.05, 0) is 48.4 Å². The molecule has 2 aromatic heterocycles. The molecule has 2 unspecified atom stereocenters. The molecule has 1 aromatic carbocycles. The number of rotatable bonds is 8. The molecular weight excluding hydrogens is 372 g/mol. The maximum Gasteiger partial charge on any atom is 0.343 e. The summed E-state index contributed by atoms with van der Waals surface area (Å²) in [6.45, 7) is 4.06. The summed E-state index contributed by atoms with van der Waals surface area (Å²) in [6, 6.07) is 13.4. The second-order valence-corrected chi connectivity index (χ2v) is 7.85. The molecule has 3 rings (SSSR count). The molecule has 5 heteroatoms. The van der Waals surface area contributed by atoms with Crippen LogP contribution in [-0.2, 0) is 6.42 Å². The van der Waals surface area contributed by atoms with Gasteiger partial charge in [0.05, 0.1) is 12.7 Å². The largest absolute Gasteiger partial charge is 0.507 e. The molecule has 0 saturated carbocycles. The summed E-state index contributed by atoms with van der Waals surface area (Å²) in [6.07, 6.45) is 2.25. The molecule has 0 aliphatic rings. The molecule has 0 spiro atoms. The fraction of sp³-hybridized carbons (Fsp3) is 0.348. The van der Waals surface area contributed by atoms with Crippen molar-refractivity contribution in [1.29, 1.82) is 0 Å². The van der Waals surface area contributed by atoms with Crippen molar-refractivity contribution >= 4 is 11.3 Å². The second kappa shape index (κ2) is 9.11. The molecule has 0 radical (unpaired) electrons. The first kappa shape index (κ1) is 20.2. The highest BCUT2D eigenvalue weighted by Crippen LogP contribution is 2.36. The molecule has 0 amide bonds. The van der Waals surface area contributed by atoms with E-state index in [1.165, 1.54) is 0 Å². The maximum atomic E-state index is 12.8. The highest BCUT2D eigenvalue weighted by molar-refractivity contribution is 7.10. The summed E-state index contributed by atoms with van der Waals surface area (Å²) in [5, 5.41) is 12.7. The Morgan fingerprint density at radius 1 is 1.14 bits per heavy atom. The van der Waals surface area contributed by atoms with Gasteiger partial charge in [-0.3, -0.25) is 0 Å². The van der Waals surface area contributed by atoms with Crippen LogP contribution in [0.2, 0.25) is 0 Å². The van der Waals surface area contributed by atoms with Crippen LogP contribution in [0.15, 0.2) is 57.1 Å². The van der Waals surface area contributed by atoms with Crippen molar-refractivity contribution in [2.24, 2.45) is 0 Å². The van der Waals surface area contributed by atoms with Crippen molar-refractivity contribution in [1.82, 2.24) is 0 Å². The molecule has 28 heavy (non-hydrogen) atoms. The molecule has 0 bridgehead atoms. The van der Waals surface area contributed by atoms with E-state index in [4.69, 9.17) is 9.15 Å². The van der Waals surface area contributed by atoms with Crippen LogP contribution < -0.4 is 10.4 Å². The Morgan fingerprint density at radius 3 is 2.43 bits per heavy atom. The Kier molecular flexibility index (Phi) is 6.57. The van der Waals surface area contributed by atoms with Crippen LogP contribution in [0.1, 0.15) is 60.3 Å². The molecule has 148 valence electrons. The topological polar surface area (TPSA) is 59.7 Å². The highest BCUT2D eigenvalue weighted by atomic mass is 32.1. The van der Waals surface area contributed by atoms with Gasteiger partial charge in [0.1, 0.15) is 17.3 Å². The van der Waals surface area contributed by atoms with Crippen LogP contribution in [0.25, 0.3) is 0 Å². The lowest BCUT2D eigenvalue weighted by Gasteiger charge is -2.18. The standard InChI is InChI=1S/C23H26O4S/c1-4-16(13-15-8-10-17(26-3)11-9-15)20-14-19(24)22(23(25)27-20)18(5-2)21-7-6-12-28-21/h6-12,14,16,18,24H,4-5,13H2,1-3H3. The first-order valence-electron chi connectivity index (χ1n) is 9.60. The Labute approximate surface area is 169 Å². The number of ether oxygens (including phenoxy) is 1. The molecule has 0 aliphatic heterocycles. The third-order valence-corrected chi connectivity index (χ3v) is 6.15. The van der Waals surface area contributed by atoms with E-state index >= 15 is 0 Å². The predicted octanol–water partition coefficient (Wildman–Crippen LogP) is 5.69. The van der Waals surface area contributed by atoms with Gasteiger partial charge in [-0.25, -0.2) is 4.79 Å². The van der Waals surface area contributed by atoms with E-state index in [0.717, 1.165) is 35.5 Å². The molecule has 4 nitrogen and oxygen atoms in total. The lowest BCUT2D eigenvalue weighted by atomic mass is 9.92. The van der Waals surface area contributed by atoms with Gasteiger partial charge >= 0.3 is 5.63 Å². The third-order valence-electron chi connectivity index (χ3n) is 5.17. The normalized spacial score (nSPS) is 13.2. The van der Waals surface area contributed by atoms with Gasteiger partial charge in [0, 0.05) is 22.8 Å². The molecular formula is C23H26O4S. The van der Waals surface area contributed by atoms with Crippen molar-refractivity contribution in [2.75, 3.05) is 7.11 Å². The summed E-state index contributed by atoms with van der Waals surface area (Å²) >= 11 is 1.59. The minimum atomic E-state index is -0.441. The zero-order valence-corrected chi connectivity index (χ0v) is 17.3.